The Balaban J connectivity index is 0.000000921. The van der Waals surface area contributed by atoms with Gasteiger partial charge in [-0.3, -0.25) is 0 Å². The van der Waals surface area contributed by atoms with Gasteiger partial charge in [0.15, 0.2) is 0 Å². The van der Waals surface area contributed by atoms with Crippen molar-refractivity contribution in [2.75, 3.05) is 19.0 Å². The summed E-state index contributed by atoms with van der Waals surface area (Å²) >= 11 is 5.04. The second-order valence-electron chi connectivity index (χ2n) is 5.52. The number of aromatic nitrogens is 1. The van der Waals surface area contributed by atoms with Crippen LogP contribution in [0.1, 0.15) is 28.7 Å². The molecule has 150 valence electrons. The Morgan fingerprint density at radius 1 is 1.43 bits per heavy atom. The molecule has 1 aromatic heterocycles. The van der Waals surface area contributed by atoms with Crippen LogP contribution in [0.5, 0.6) is 5.75 Å². The zero-order chi connectivity index (χ0) is 19.8. The summed E-state index contributed by atoms with van der Waals surface area (Å²) in [6.45, 7) is -0.268. The molecule has 3 unspecified atom stereocenters. The Kier molecular flexibility index (Phi) is 12.4. The molecule has 10 heteroatoms. The van der Waals surface area contributed by atoms with Crippen LogP contribution in [-0.2, 0) is 10.1 Å². The topological polar surface area (TPSA) is 43.4 Å². The smallest absolute Gasteiger partial charge is 0.515 e. The van der Waals surface area contributed by atoms with Gasteiger partial charge in [-0.25, -0.2) is 4.98 Å². The molecular formula is C18H17BrF3IN2O2U. The molecular weight excluding hydrogens is 778 g/mol. The molecule has 0 amide bonds. The standard InChI is InChI=1S/C17H16BrFIN2O2.CHF2.U/c1-23-15(11-3-2-4-12(6-11)24-17(19)20)14-9-22-16-13(14)5-10(7-18)8-21-16;2-1-3;/h3-6,8,14-15,17H,7,9H2,1H3,(H,21,22);1H;/q2*-1;+2. The van der Waals surface area contributed by atoms with Gasteiger partial charge >= 0.3 is 31.1 Å². The summed E-state index contributed by atoms with van der Waals surface area (Å²) in [4.78, 5) is 4.47. The number of alkyl halides is 3. The number of halogens is 5. The van der Waals surface area contributed by atoms with Crippen LogP contribution in [0.15, 0.2) is 30.5 Å². The minimum Gasteiger partial charge on any atom is -0.515 e. The SMILES string of the molecule is COC(c1c[c-]cc(OC(F)I)c1)C1CNc2ncc(CBr)cc21.F[CH-]F.[U+2]. The Morgan fingerprint density at radius 3 is 2.75 bits per heavy atom. The van der Waals surface area contributed by atoms with Crippen molar-refractivity contribution in [1.29, 1.82) is 0 Å². The van der Waals surface area contributed by atoms with Gasteiger partial charge in [0.25, 0.3) is 4.36 Å². The van der Waals surface area contributed by atoms with Crippen LogP contribution in [0.4, 0.5) is 19.0 Å². The molecule has 4 nitrogen and oxygen atoms in total. The van der Waals surface area contributed by atoms with Gasteiger partial charge in [-0.1, -0.05) is 15.9 Å². The molecule has 1 aliphatic rings. The molecule has 0 saturated heterocycles. The predicted molar refractivity (Wildman–Crippen MR) is 109 cm³/mol. The monoisotopic (exact) mass is 794 g/mol. The van der Waals surface area contributed by atoms with E-state index in [4.69, 9.17) is 9.47 Å². The van der Waals surface area contributed by atoms with E-state index >= 15 is 0 Å². The Hall–Kier alpha value is -0.0181. The quantitative estimate of drug-likeness (QED) is 0.229. The molecule has 0 aliphatic carbocycles. The van der Waals surface area contributed by atoms with Gasteiger partial charge in [0.2, 0.25) is 0 Å². The first kappa shape index (κ1) is 26.0. The molecule has 3 rings (SSSR count). The first-order valence-corrected chi connectivity index (χ1v) is 10.2. The second-order valence-corrected chi connectivity index (χ2v) is 7.06. The summed E-state index contributed by atoms with van der Waals surface area (Å²) in [7, 11) is 1.67. The fraction of sp³-hybridized carbons (Fsp3) is 0.333. The van der Waals surface area contributed by atoms with E-state index in [1.165, 1.54) is 0 Å². The third-order valence-electron chi connectivity index (χ3n) is 3.97. The van der Waals surface area contributed by atoms with Crippen LogP contribution in [0.2, 0.25) is 0 Å². The fourth-order valence-electron chi connectivity index (χ4n) is 2.95. The number of ether oxygens (including phenoxy) is 2. The number of fused-ring (bicyclic) bond motifs is 1. The van der Waals surface area contributed by atoms with E-state index < -0.39 is 11.3 Å². The minimum absolute atomic E-state index is 0. The number of anilines is 1. The molecule has 2 aromatic rings. The maximum atomic E-state index is 13.1. The van der Waals surface area contributed by atoms with E-state index in [0.29, 0.717) is 5.75 Å². The summed E-state index contributed by atoms with van der Waals surface area (Å²) < 4.78 is 41.6. The number of hydrogen-bond donors (Lipinski definition) is 1. The molecule has 1 aliphatic heterocycles. The van der Waals surface area contributed by atoms with Crippen molar-refractivity contribution < 1.29 is 53.8 Å². The normalized spacial score (nSPS) is 16.6. The number of nitrogens with zero attached hydrogens (tertiary/aromatic N) is 1. The number of nitrogens with one attached hydrogen (secondary N) is 1. The van der Waals surface area contributed by atoms with Crippen LogP contribution in [0.3, 0.4) is 0 Å². The zero-order valence-corrected chi connectivity index (χ0v) is 22.7. The number of benzene rings is 1. The van der Waals surface area contributed by atoms with Crippen LogP contribution in [0.25, 0.3) is 0 Å². The summed E-state index contributed by atoms with van der Waals surface area (Å²) in [5.74, 6) is 1.44. The van der Waals surface area contributed by atoms with E-state index in [-0.39, 0.29) is 43.1 Å². The Morgan fingerprint density at radius 2 is 2.14 bits per heavy atom. The molecule has 0 radical (unpaired) electrons. The average molecular weight is 795 g/mol. The molecule has 28 heavy (non-hydrogen) atoms. The summed E-state index contributed by atoms with van der Waals surface area (Å²) in [6, 6.07) is 10.4. The van der Waals surface area contributed by atoms with Crippen molar-refractivity contribution in [3.8, 4) is 5.75 Å². The first-order chi connectivity index (χ1) is 13.0. The summed E-state index contributed by atoms with van der Waals surface area (Å²) in [6.07, 6.45) is 1.66. The van der Waals surface area contributed by atoms with Gasteiger partial charge in [-0.15, -0.1) is 17.7 Å². The van der Waals surface area contributed by atoms with Gasteiger partial charge in [0, 0.05) is 71.1 Å². The van der Waals surface area contributed by atoms with Crippen molar-refractivity contribution in [1.82, 2.24) is 4.98 Å². The zero-order valence-electron chi connectivity index (χ0n) is 14.8. The Bertz CT molecular complexity index is 746. The van der Waals surface area contributed by atoms with Gasteiger partial charge in [-0.2, -0.15) is 16.5 Å². The van der Waals surface area contributed by atoms with Crippen LogP contribution >= 0.6 is 38.5 Å². The molecule has 0 spiro atoms. The average Bonchev–Trinajstić information content (AvgIpc) is 3.06. The third-order valence-corrected chi connectivity index (χ3v) is 4.88. The van der Waals surface area contributed by atoms with E-state index in [1.807, 2.05) is 12.3 Å². The third kappa shape index (κ3) is 7.04. The maximum Gasteiger partial charge on any atom is 2.00 e. The number of hydrogen-bond acceptors (Lipinski definition) is 4. The Labute approximate surface area is 208 Å². The fourth-order valence-corrected chi connectivity index (χ4v) is 3.55. The van der Waals surface area contributed by atoms with Crippen molar-refractivity contribution in [2.24, 2.45) is 0 Å². The van der Waals surface area contributed by atoms with Crippen LogP contribution in [-0.4, -0.2) is 23.0 Å². The van der Waals surface area contributed by atoms with Crippen molar-refractivity contribution >= 4 is 44.3 Å². The van der Waals surface area contributed by atoms with E-state index in [1.54, 1.807) is 41.8 Å². The molecule has 0 bridgehead atoms. The molecule has 0 saturated carbocycles. The van der Waals surface area contributed by atoms with Crippen LogP contribution < -0.4 is 10.1 Å². The van der Waals surface area contributed by atoms with Crippen LogP contribution in [0, 0.1) is 44.1 Å². The van der Waals surface area contributed by atoms with Gasteiger partial charge in [0.1, 0.15) is 5.82 Å². The summed E-state index contributed by atoms with van der Waals surface area (Å²) in [5.41, 5.74) is 3.14. The first-order valence-electron chi connectivity index (χ1n) is 7.83. The number of methoxy groups -OCH3 is 1. The number of pyridine rings is 1. The molecule has 3 atom stereocenters. The molecule has 1 N–H and O–H groups in total. The minimum atomic E-state index is -1.40. The molecule has 0 fully saturated rings. The predicted octanol–water partition coefficient (Wildman–Crippen LogP) is 5.79. The van der Waals surface area contributed by atoms with Crippen molar-refractivity contribution in [2.45, 2.75) is 21.7 Å². The number of rotatable bonds is 6. The van der Waals surface area contributed by atoms with E-state index in [9.17, 15) is 13.2 Å². The van der Waals surface area contributed by atoms with Gasteiger partial charge in [-0.05, 0) is 18.6 Å². The second kappa shape index (κ2) is 13.3. The maximum absolute atomic E-state index is 13.1. The van der Waals surface area contributed by atoms with E-state index in [0.717, 1.165) is 34.4 Å². The van der Waals surface area contributed by atoms with Gasteiger partial charge < -0.3 is 23.6 Å². The van der Waals surface area contributed by atoms with Gasteiger partial charge in [0.05, 0.1) is 0 Å². The van der Waals surface area contributed by atoms with E-state index in [2.05, 4.69) is 38.4 Å². The summed E-state index contributed by atoms with van der Waals surface area (Å²) in [5, 5.41) is 4.08. The van der Waals surface area contributed by atoms with Crippen molar-refractivity contribution in [3.63, 3.8) is 0 Å². The molecule has 2 heterocycles. The largest absolute Gasteiger partial charge is 2.00 e. The van der Waals surface area contributed by atoms with Crippen molar-refractivity contribution in [3.05, 3.63) is 60.1 Å². The molecule has 1 aromatic carbocycles.